The second-order valence-electron chi connectivity index (χ2n) is 3.91. The minimum absolute atomic E-state index is 0.442. The second-order valence-corrected chi connectivity index (χ2v) is 5.66. The van der Waals surface area contributed by atoms with Gasteiger partial charge in [0, 0.05) is 18.8 Å². The number of nitriles is 1. The highest BCUT2D eigenvalue weighted by atomic mass is 32.2. The van der Waals surface area contributed by atoms with E-state index in [4.69, 9.17) is 5.26 Å². The summed E-state index contributed by atoms with van der Waals surface area (Å²) in [5.41, 5.74) is 1.44. The molecule has 0 aromatic heterocycles. The van der Waals surface area contributed by atoms with Crippen molar-refractivity contribution in [3.8, 4) is 6.07 Å². The highest BCUT2D eigenvalue weighted by Crippen LogP contribution is 2.20. The fourth-order valence-electron chi connectivity index (χ4n) is 1.63. The third-order valence-corrected chi connectivity index (χ3v) is 3.00. The summed E-state index contributed by atoms with van der Waals surface area (Å²) in [5, 5.41) is 8.60. The lowest BCUT2D eigenvalue weighted by molar-refractivity contribution is 0.607. The lowest BCUT2D eigenvalue weighted by Crippen LogP contribution is -2.23. The van der Waals surface area contributed by atoms with Crippen molar-refractivity contribution in [3.05, 3.63) is 24.3 Å². The normalized spacial score (nSPS) is 10.7. The Balaban J connectivity index is 2.89. The largest absolute Gasteiger partial charge is 0.371 e. The zero-order chi connectivity index (χ0) is 13.6. The first-order chi connectivity index (χ1) is 8.46. The van der Waals surface area contributed by atoms with Crippen LogP contribution in [0.25, 0.3) is 0 Å². The molecule has 0 saturated heterocycles. The van der Waals surface area contributed by atoms with Crippen molar-refractivity contribution in [1.29, 1.82) is 5.26 Å². The molecule has 1 rings (SSSR count). The Kier molecular flexibility index (Phi) is 4.98. The van der Waals surface area contributed by atoms with Gasteiger partial charge < -0.3 is 4.90 Å². The van der Waals surface area contributed by atoms with E-state index < -0.39 is 10.0 Å². The highest BCUT2D eigenvalue weighted by molar-refractivity contribution is 7.92. The van der Waals surface area contributed by atoms with Crippen LogP contribution in [0.15, 0.2) is 24.3 Å². The summed E-state index contributed by atoms with van der Waals surface area (Å²) in [6.07, 6.45) is 1.56. The van der Waals surface area contributed by atoms with E-state index in [1.54, 1.807) is 18.2 Å². The molecule has 0 heterocycles. The first kappa shape index (κ1) is 14.3. The smallest absolute Gasteiger partial charge is 0.229 e. The molecule has 0 saturated carbocycles. The Bertz CT molecular complexity index is 534. The first-order valence-corrected chi connectivity index (χ1v) is 7.55. The molecule has 5 nitrogen and oxygen atoms in total. The summed E-state index contributed by atoms with van der Waals surface area (Å²) in [6, 6.07) is 9.25. The van der Waals surface area contributed by atoms with E-state index in [1.165, 1.54) is 0 Å². The molecule has 0 bridgehead atoms. The van der Waals surface area contributed by atoms with Gasteiger partial charge in [-0.2, -0.15) is 5.26 Å². The third-order valence-electron chi connectivity index (χ3n) is 2.39. The molecule has 0 fully saturated rings. The Morgan fingerprint density at radius 2 is 2.17 bits per heavy atom. The average molecular weight is 267 g/mol. The molecular formula is C12H17N3O2S. The first-order valence-electron chi connectivity index (χ1n) is 5.66. The van der Waals surface area contributed by atoms with Crippen LogP contribution in [0.3, 0.4) is 0 Å². The topological polar surface area (TPSA) is 73.2 Å². The van der Waals surface area contributed by atoms with Crippen LogP contribution in [0.2, 0.25) is 0 Å². The fourth-order valence-corrected chi connectivity index (χ4v) is 2.19. The third kappa shape index (κ3) is 4.63. The predicted octanol–water partition coefficient (Wildman–Crippen LogP) is 1.80. The number of benzene rings is 1. The zero-order valence-electron chi connectivity index (χ0n) is 10.5. The lowest BCUT2D eigenvalue weighted by atomic mass is 10.2. The van der Waals surface area contributed by atoms with E-state index in [0.717, 1.165) is 18.5 Å². The van der Waals surface area contributed by atoms with Gasteiger partial charge >= 0.3 is 0 Å². The molecule has 1 aromatic carbocycles. The molecule has 1 aromatic rings. The van der Waals surface area contributed by atoms with Gasteiger partial charge in [0.05, 0.1) is 24.4 Å². The van der Waals surface area contributed by atoms with Gasteiger partial charge in [-0.05, 0) is 25.1 Å². The van der Waals surface area contributed by atoms with Crippen molar-refractivity contribution in [2.75, 3.05) is 29.0 Å². The zero-order valence-corrected chi connectivity index (χ0v) is 11.4. The molecule has 0 aliphatic heterocycles. The average Bonchev–Trinajstić information content (AvgIpc) is 2.28. The van der Waals surface area contributed by atoms with Gasteiger partial charge in [0.25, 0.3) is 0 Å². The molecule has 0 atom stereocenters. The van der Waals surface area contributed by atoms with Crippen LogP contribution < -0.4 is 9.62 Å². The Morgan fingerprint density at radius 3 is 2.72 bits per heavy atom. The number of nitrogens with one attached hydrogen (secondary N) is 1. The van der Waals surface area contributed by atoms with Crippen molar-refractivity contribution in [2.45, 2.75) is 13.3 Å². The number of anilines is 2. The Labute approximate surface area is 108 Å². The minimum Gasteiger partial charge on any atom is -0.371 e. The highest BCUT2D eigenvalue weighted by Gasteiger charge is 2.06. The summed E-state index contributed by atoms with van der Waals surface area (Å²) in [6.45, 7) is 3.40. The van der Waals surface area contributed by atoms with Crippen molar-refractivity contribution >= 4 is 21.4 Å². The van der Waals surface area contributed by atoms with E-state index in [0.29, 0.717) is 18.7 Å². The van der Waals surface area contributed by atoms with Gasteiger partial charge in [0.2, 0.25) is 10.0 Å². The van der Waals surface area contributed by atoms with Crippen LogP contribution in [0.5, 0.6) is 0 Å². The quantitative estimate of drug-likeness (QED) is 0.853. The maximum atomic E-state index is 11.2. The molecule has 0 aliphatic rings. The molecule has 6 heteroatoms. The van der Waals surface area contributed by atoms with Crippen LogP contribution in [-0.2, 0) is 10.0 Å². The molecule has 98 valence electrons. The number of nitrogens with zero attached hydrogens (tertiary/aromatic N) is 2. The summed E-state index contributed by atoms with van der Waals surface area (Å²) < 4.78 is 24.7. The van der Waals surface area contributed by atoms with Crippen LogP contribution >= 0.6 is 0 Å². The van der Waals surface area contributed by atoms with Crippen LogP contribution in [0.1, 0.15) is 13.3 Å². The van der Waals surface area contributed by atoms with Crippen molar-refractivity contribution < 1.29 is 8.42 Å². The number of hydrogen-bond donors (Lipinski definition) is 1. The van der Waals surface area contributed by atoms with Gasteiger partial charge in [0.1, 0.15) is 0 Å². The molecule has 0 spiro atoms. The van der Waals surface area contributed by atoms with Crippen LogP contribution in [-0.4, -0.2) is 27.8 Å². The van der Waals surface area contributed by atoms with E-state index >= 15 is 0 Å². The molecular weight excluding hydrogens is 250 g/mol. The number of sulfonamides is 1. The van der Waals surface area contributed by atoms with Gasteiger partial charge in [-0.25, -0.2) is 8.42 Å². The van der Waals surface area contributed by atoms with E-state index in [1.807, 2.05) is 17.9 Å². The molecule has 0 amide bonds. The minimum atomic E-state index is -3.26. The fraction of sp³-hybridized carbons (Fsp3) is 0.417. The lowest BCUT2D eigenvalue weighted by Gasteiger charge is -2.22. The maximum Gasteiger partial charge on any atom is 0.229 e. The molecule has 18 heavy (non-hydrogen) atoms. The van der Waals surface area contributed by atoms with E-state index in [2.05, 4.69) is 10.8 Å². The molecule has 0 radical (unpaired) electrons. The summed E-state index contributed by atoms with van der Waals surface area (Å²) in [4.78, 5) is 2.02. The van der Waals surface area contributed by atoms with Crippen molar-refractivity contribution in [3.63, 3.8) is 0 Å². The standard InChI is InChI=1S/C12H17N3O2S/c1-3-15(9-5-8-13)12-7-4-6-11(10-12)14-18(2,16)17/h4,6-7,10,14H,3,5,9H2,1-2H3. The SMILES string of the molecule is CCN(CCC#N)c1cccc(NS(C)(=O)=O)c1. The summed E-state index contributed by atoms with van der Waals surface area (Å²) in [5.74, 6) is 0. The van der Waals surface area contributed by atoms with Crippen LogP contribution in [0, 0.1) is 11.3 Å². The predicted molar refractivity (Wildman–Crippen MR) is 73.0 cm³/mol. The summed E-state index contributed by atoms with van der Waals surface area (Å²) in [7, 11) is -3.26. The second kappa shape index (κ2) is 6.26. The van der Waals surface area contributed by atoms with Crippen LogP contribution in [0.4, 0.5) is 11.4 Å². The summed E-state index contributed by atoms with van der Waals surface area (Å²) >= 11 is 0. The van der Waals surface area contributed by atoms with Crippen molar-refractivity contribution in [2.24, 2.45) is 0 Å². The Hall–Kier alpha value is -1.74. The Morgan fingerprint density at radius 1 is 1.44 bits per heavy atom. The van der Waals surface area contributed by atoms with Crippen molar-refractivity contribution in [1.82, 2.24) is 0 Å². The maximum absolute atomic E-state index is 11.2. The number of rotatable bonds is 6. The van der Waals surface area contributed by atoms with Gasteiger partial charge in [0.15, 0.2) is 0 Å². The van der Waals surface area contributed by atoms with Gasteiger partial charge in [-0.15, -0.1) is 0 Å². The van der Waals surface area contributed by atoms with E-state index in [9.17, 15) is 8.42 Å². The molecule has 0 aliphatic carbocycles. The number of hydrogen-bond acceptors (Lipinski definition) is 4. The van der Waals surface area contributed by atoms with Gasteiger partial charge in [-0.1, -0.05) is 6.07 Å². The van der Waals surface area contributed by atoms with Gasteiger partial charge in [-0.3, -0.25) is 4.72 Å². The molecule has 1 N–H and O–H groups in total. The van der Waals surface area contributed by atoms with E-state index in [-0.39, 0.29) is 0 Å². The molecule has 0 unspecified atom stereocenters. The monoisotopic (exact) mass is 267 g/mol.